The molecule has 29 heavy (non-hydrogen) atoms. The molecule has 7 nitrogen and oxygen atoms in total. The first-order valence-corrected chi connectivity index (χ1v) is 11.0. The highest BCUT2D eigenvalue weighted by molar-refractivity contribution is 7.99. The number of nitrogens with one attached hydrogen (secondary N) is 1. The lowest BCUT2D eigenvalue weighted by Gasteiger charge is -2.09. The fraction of sp³-hybridized carbons (Fsp3) is 0.300. The molecule has 0 unspecified atom stereocenters. The number of hydrogen-bond donors (Lipinski definition) is 1. The molecule has 3 rings (SSSR count). The highest BCUT2D eigenvalue weighted by Crippen LogP contribution is 2.36. The average Bonchev–Trinajstić information content (AvgIpc) is 3.34. The normalized spacial score (nSPS) is 10.9. The van der Waals surface area contributed by atoms with Crippen LogP contribution in [0.1, 0.15) is 37.2 Å². The lowest BCUT2D eigenvalue weighted by molar-refractivity contribution is -0.113. The number of aromatic nitrogens is 3. The van der Waals surface area contributed by atoms with Crippen molar-refractivity contribution in [2.75, 3.05) is 17.7 Å². The Labute approximate surface area is 177 Å². The van der Waals surface area contributed by atoms with Gasteiger partial charge in [0.15, 0.2) is 5.16 Å². The van der Waals surface area contributed by atoms with E-state index in [1.807, 2.05) is 48.7 Å². The van der Waals surface area contributed by atoms with Gasteiger partial charge in [0.25, 0.3) is 0 Å². The average molecular weight is 431 g/mol. The van der Waals surface area contributed by atoms with Gasteiger partial charge in [0.1, 0.15) is 11.3 Å². The molecular formula is C20H22N4O3S2. The molecule has 0 spiro atoms. The van der Waals surface area contributed by atoms with E-state index in [2.05, 4.69) is 15.5 Å². The molecule has 0 bridgehead atoms. The highest BCUT2D eigenvalue weighted by Gasteiger charge is 2.20. The first kappa shape index (κ1) is 21.1. The second kappa shape index (κ2) is 9.71. The molecule has 1 amide bonds. The largest absolute Gasteiger partial charge is 0.462 e. The Morgan fingerprint density at radius 3 is 2.72 bits per heavy atom. The minimum atomic E-state index is -0.451. The molecule has 1 aromatic carbocycles. The molecule has 0 radical (unpaired) electrons. The smallest absolute Gasteiger partial charge is 0.341 e. The summed E-state index contributed by atoms with van der Waals surface area (Å²) in [6, 6.07) is 11.7. The van der Waals surface area contributed by atoms with Crippen LogP contribution in [0.2, 0.25) is 0 Å². The zero-order valence-electron chi connectivity index (χ0n) is 16.4. The standard InChI is InChI=1S/C20H22N4O3S2/c1-4-27-19(26)15-10-16(14-8-6-5-7-9-14)29-18(15)22-17(25)11-28-20-23-21-12-24(20)13(2)3/h5-10,12-13H,4,11H2,1-3H3,(H,22,25). The van der Waals surface area contributed by atoms with E-state index < -0.39 is 5.97 Å². The van der Waals surface area contributed by atoms with Crippen LogP contribution in [0.5, 0.6) is 0 Å². The van der Waals surface area contributed by atoms with Gasteiger partial charge in [0, 0.05) is 10.9 Å². The van der Waals surface area contributed by atoms with Crippen LogP contribution in [0.3, 0.4) is 0 Å². The summed E-state index contributed by atoms with van der Waals surface area (Å²) < 4.78 is 7.05. The van der Waals surface area contributed by atoms with E-state index in [0.29, 0.717) is 15.7 Å². The predicted octanol–water partition coefficient (Wildman–Crippen LogP) is 4.50. The van der Waals surface area contributed by atoms with Crippen molar-refractivity contribution in [2.45, 2.75) is 32.0 Å². The van der Waals surface area contributed by atoms with Crippen molar-refractivity contribution >= 4 is 40.0 Å². The number of rotatable bonds is 8. The molecule has 9 heteroatoms. The summed E-state index contributed by atoms with van der Waals surface area (Å²) in [7, 11) is 0. The predicted molar refractivity (Wildman–Crippen MR) is 115 cm³/mol. The van der Waals surface area contributed by atoms with Gasteiger partial charge >= 0.3 is 5.97 Å². The minimum Gasteiger partial charge on any atom is -0.462 e. The zero-order valence-corrected chi connectivity index (χ0v) is 18.0. The zero-order chi connectivity index (χ0) is 20.8. The quantitative estimate of drug-likeness (QED) is 0.418. The molecule has 0 fully saturated rings. The van der Waals surface area contributed by atoms with Crippen LogP contribution >= 0.6 is 23.1 Å². The van der Waals surface area contributed by atoms with E-state index in [1.54, 1.807) is 19.3 Å². The van der Waals surface area contributed by atoms with Crippen molar-refractivity contribution in [1.29, 1.82) is 0 Å². The lowest BCUT2D eigenvalue weighted by atomic mass is 10.1. The van der Waals surface area contributed by atoms with E-state index in [1.165, 1.54) is 23.1 Å². The number of esters is 1. The number of anilines is 1. The van der Waals surface area contributed by atoms with E-state index in [4.69, 9.17) is 4.74 Å². The molecule has 0 aliphatic rings. The number of ether oxygens (including phenoxy) is 1. The van der Waals surface area contributed by atoms with Crippen molar-refractivity contribution < 1.29 is 14.3 Å². The van der Waals surface area contributed by atoms with E-state index in [-0.39, 0.29) is 24.3 Å². The summed E-state index contributed by atoms with van der Waals surface area (Å²) in [5, 5.41) is 12.0. The number of amides is 1. The minimum absolute atomic E-state index is 0.159. The number of nitrogens with zero attached hydrogens (tertiary/aromatic N) is 3. The molecule has 0 atom stereocenters. The van der Waals surface area contributed by atoms with Crippen LogP contribution in [0, 0.1) is 0 Å². The second-order valence-corrected chi connectivity index (χ2v) is 8.39. The van der Waals surface area contributed by atoms with E-state index >= 15 is 0 Å². The summed E-state index contributed by atoms with van der Waals surface area (Å²) in [6.07, 6.45) is 1.65. The molecule has 3 aromatic rings. The summed E-state index contributed by atoms with van der Waals surface area (Å²) in [4.78, 5) is 25.8. The third-order valence-corrected chi connectivity index (χ3v) is 6.02. The monoisotopic (exact) mass is 430 g/mol. The summed E-state index contributed by atoms with van der Waals surface area (Å²) in [5.74, 6) is -0.513. The van der Waals surface area contributed by atoms with E-state index in [9.17, 15) is 9.59 Å². The maximum Gasteiger partial charge on any atom is 0.341 e. The Balaban J connectivity index is 1.76. The van der Waals surface area contributed by atoms with Crippen molar-refractivity contribution in [1.82, 2.24) is 14.8 Å². The second-order valence-electron chi connectivity index (χ2n) is 6.39. The number of hydrogen-bond acceptors (Lipinski definition) is 7. The highest BCUT2D eigenvalue weighted by atomic mass is 32.2. The van der Waals surface area contributed by atoms with Gasteiger partial charge in [-0.05, 0) is 32.4 Å². The van der Waals surface area contributed by atoms with E-state index in [0.717, 1.165) is 10.4 Å². The molecule has 152 valence electrons. The Bertz CT molecular complexity index is 983. The Morgan fingerprint density at radius 2 is 2.03 bits per heavy atom. The molecular weight excluding hydrogens is 408 g/mol. The van der Waals surface area contributed by atoms with Gasteiger partial charge in [0.2, 0.25) is 5.91 Å². The first-order valence-electron chi connectivity index (χ1n) is 9.18. The number of thioether (sulfide) groups is 1. The van der Waals surface area contributed by atoms with Crippen molar-refractivity contribution in [2.24, 2.45) is 0 Å². The maximum absolute atomic E-state index is 12.5. The van der Waals surface area contributed by atoms with Gasteiger partial charge in [-0.3, -0.25) is 4.79 Å². The Morgan fingerprint density at radius 1 is 1.28 bits per heavy atom. The number of thiophene rings is 1. The van der Waals surface area contributed by atoms with Gasteiger partial charge in [-0.1, -0.05) is 42.1 Å². The van der Waals surface area contributed by atoms with Crippen LogP contribution in [0.15, 0.2) is 47.9 Å². The molecule has 0 aliphatic carbocycles. The van der Waals surface area contributed by atoms with Crippen molar-refractivity contribution in [3.8, 4) is 10.4 Å². The fourth-order valence-electron chi connectivity index (χ4n) is 2.57. The number of benzene rings is 1. The van der Waals surface area contributed by atoms with Crippen LogP contribution in [-0.4, -0.2) is 39.0 Å². The first-order chi connectivity index (χ1) is 14.0. The van der Waals surface area contributed by atoms with Crippen LogP contribution < -0.4 is 5.32 Å². The van der Waals surface area contributed by atoms with Crippen LogP contribution in [0.4, 0.5) is 5.00 Å². The topological polar surface area (TPSA) is 86.1 Å². The van der Waals surface area contributed by atoms with Gasteiger partial charge in [-0.25, -0.2) is 4.79 Å². The summed E-state index contributed by atoms with van der Waals surface area (Å²) in [5.41, 5.74) is 1.34. The Hall–Kier alpha value is -2.65. The summed E-state index contributed by atoms with van der Waals surface area (Å²) >= 11 is 2.65. The van der Waals surface area contributed by atoms with Gasteiger partial charge in [0.05, 0.1) is 17.9 Å². The number of carbonyl (C=O) groups excluding carboxylic acids is 2. The molecule has 0 saturated heterocycles. The SMILES string of the molecule is CCOC(=O)c1cc(-c2ccccc2)sc1NC(=O)CSc1nncn1C(C)C. The maximum atomic E-state index is 12.5. The summed E-state index contributed by atoms with van der Waals surface area (Å²) in [6.45, 7) is 6.07. The third kappa shape index (κ3) is 5.24. The number of carbonyl (C=O) groups is 2. The van der Waals surface area contributed by atoms with Gasteiger partial charge < -0.3 is 14.6 Å². The van der Waals surface area contributed by atoms with Crippen LogP contribution in [0.25, 0.3) is 10.4 Å². The molecule has 2 heterocycles. The molecule has 0 aliphatic heterocycles. The van der Waals surface area contributed by atoms with Gasteiger partial charge in [-0.15, -0.1) is 21.5 Å². The molecule has 0 saturated carbocycles. The van der Waals surface area contributed by atoms with Crippen molar-refractivity contribution in [3.05, 3.63) is 48.3 Å². The Kier molecular flexibility index (Phi) is 7.05. The van der Waals surface area contributed by atoms with Crippen molar-refractivity contribution in [3.63, 3.8) is 0 Å². The lowest BCUT2D eigenvalue weighted by Crippen LogP contribution is -2.16. The van der Waals surface area contributed by atoms with Gasteiger partial charge in [-0.2, -0.15) is 0 Å². The fourth-order valence-corrected chi connectivity index (χ4v) is 4.48. The molecule has 2 aromatic heterocycles. The molecule has 1 N–H and O–H groups in total. The van der Waals surface area contributed by atoms with Crippen LogP contribution in [-0.2, 0) is 9.53 Å². The third-order valence-electron chi connectivity index (χ3n) is 3.97.